The average Bonchev–Trinajstić information content (AvgIpc) is 2.99. The molecule has 1 aromatic carbocycles. The van der Waals surface area contributed by atoms with E-state index in [-0.39, 0.29) is 24.1 Å². The summed E-state index contributed by atoms with van der Waals surface area (Å²) in [5, 5.41) is 10.4. The number of nitrogens with zero attached hydrogens (tertiary/aromatic N) is 2. The number of rotatable bonds is 7. The van der Waals surface area contributed by atoms with E-state index in [1.54, 1.807) is 0 Å². The van der Waals surface area contributed by atoms with Crippen LogP contribution in [0.4, 0.5) is 9.52 Å². The third-order valence-electron chi connectivity index (χ3n) is 2.38. The number of aromatic nitrogens is 2. The molecule has 0 aliphatic heterocycles. The Morgan fingerprint density at radius 1 is 1.30 bits per heavy atom. The van der Waals surface area contributed by atoms with E-state index in [0.717, 1.165) is 23.1 Å². The van der Waals surface area contributed by atoms with Gasteiger partial charge in [-0.15, -0.1) is 10.2 Å². The first-order valence-electron chi connectivity index (χ1n) is 6.28. The molecule has 2 rings (SSSR count). The molecule has 2 aromatic rings. The molecule has 7 nitrogen and oxygen atoms in total. The van der Waals surface area contributed by atoms with Gasteiger partial charge in [-0.3, -0.25) is 14.9 Å². The summed E-state index contributed by atoms with van der Waals surface area (Å²) in [6.07, 6.45) is 0. The van der Waals surface area contributed by atoms with Crippen LogP contribution in [0.3, 0.4) is 0 Å². The monoisotopic (exact) mass is 357 g/mol. The van der Waals surface area contributed by atoms with Gasteiger partial charge in [-0.2, -0.15) is 0 Å². The maximum absolute atomic E-state index is 12.7. The first-order chi connectivity index (χ1) is 11.1. The molecule has 10 heteroatoms. The lowest BCUT2D eigenvalue weighted by Crippen LogP contribution is -2.20. The van der Waals surface area contributed by atoms with Crippen molar-refractivity contribution in [1.82, 2.24) is 10.2 Å². The van der Waals surface area contributed by atoms with Gasteiger partial charge >= 0.3 is 5.97 Å². The Balaban J connectivity index is 1.77. The van der Waals surface area contributed by atoms with Crippen LogP contribution in [0, 0.1) is 5.82 Å². The second kappa shape index (κ2) is 8.44. The molecule has 0 saturated carbocycles. The van der Waals surface area contributed by atoms with E-state index in [0.29, 0.717) is 15.2 Å². The van der Waals surface area contributed by atoms with Gasteiger partial charge in [-0.1, -0.05) is 23.1 Å². The molecule has 0 fully saturated rings. The van der Waals surface area contributed by atoms with Gasteiger partial charge in [-0.25, -0.2) is 4.39 Å². The van der Waals surface area contributed by atoms with Gasteiger partial charge in [0.2, 0.25) is 5.13 Å². The van der Waals surface area contributed by atoms with Crippen molar-refractivity contribution < 1.29 is 23.5 Å². The minimum Gasteiger partial charge on any atom is -0.484 e. The number of thioether (sulfide) groups is 1. The molecule has 1 amide bonds. The lowest BCUT2D eigenvalue weighted by molar-refractivity contribution is -0.137. The number of ether oxygens (including phenoxy) is 2. The van der Waals surface area contributed by atoms with Crippen LogP contribution in [0.5, 0.6) is 5.75 Å². The third-order valence-corrected chi connectivity index (χ3v) is 4.32. The zero-order valence-electron chi connectivity index (χ0n) is 11.9. The van der Waals surface area contributed by atoms with Crippen LogP contribution < -0.4 is 10.1 Å². The summed E-state index contributed by atoms with van der Waals surface area (Å²) in [4.78, 5) is 22.7. The largest absolute Gasteiger partial charge is 0.484 e. The summed E-state index contributed by atoms with van der Waals surface area (Å²) < 4.78 is 23.0. The van der Waals surface area contributed by atoms with Gasteiger partial charge in [0.1, 0.15) is 11.6 Å². The smallest absolute Gasteiger partial charge is 0.316 e. The lowest BCUT2D eigenvalue weighted by atomic mass is 10.3. The number of anilines is 1. The number of carbonyl (C=O) groups is 2. The van der Waals surface area contributed by atoms with Crippen LogP contribution in [0.2, 0.25) is 0 Å². The summed E-state index contributed by atoms with van der Waals surface area (Å²) in [5.41, 5.74) is 0. The number of nitrogens with one attached hydrogen (secondary N) is 1. The quantitative estimate of drug-likeness (QED) is 0.460. The normalized spacial score (nSPS) is 10.2. The highest BCUT2D eigenvalue weighted by Gasteiger charge is 2.11. The predicted molar refractivity (Wildman–Crippen MR) is 83.2 cm³/mol. The number of carbonyl (C=O) groups excluding carboxylic acids is 2. The van der Waals surface area contributed by atoms with Crippen LogP contribution in [-0.2, 0) is 14.3 Å². The molecule has 0 atom stereocenters. The summed E-state index contributed by atoms with van der Waals surface area (Å²) in [6, 6.07) is 5.33. The van der Waals surface area contributed by atoms with E-state index in [9.17, 15) is 14.0 Å². The van der Waals surface area contributed by atoms with E-state index >= 15 is 0 Å². The summed E-state index contributed by atoms with van der Waals surface area (Å²) in [6.45, 7) is -0.240. The Morgan fingerprint density at radius 3 is 2.74 bits per heavy atom. The van der Waals surface area contributed by atoms with Crippen LogP contribution in [0.15, 0.2) is 28.6 Å². The van der Waals surface area contributed by atoms with Crippen molar-refractivity contribution in [3.63, 3.8) is 0 Å². The van der Waals surface area contributed by atoms with E-state index in [1.165, 1.54) is 31.4 Å². The van der Waals surface area contributed by atoms with Crippen molar-refractivity contribution >= 4 is 40.1 Å². The van der Waals surface area contributed by atoms with E-state index in [1.807, 2.05) is 0 Å². The molecular weight excluding hydrogens is 345 g/mol. The second-order valence-corrected chi connectivity index (χ2v) is 6.23. The van der Waals surface area contributed by atoms with Gasteiger partial charge in [0, 0.05) is 0 Å². The predicted octanol–water partition coefficient (Wildman–Crippen LogP) is 1.96. The minimum atomic E-state index is -0.421. The minimum absolute atomic E-state index is 0.118. The number of methoxy groups -OCH3 is 1. The van der Waals surface area contributed by atoms with Crippen molar-refractivity contribution in [3.05, 3.63) is 30.1 Å². The highest BCUT2D eigenvalue weighted by molar-refractivity contribution is 8.01. The first kappa shape index (κ1) is 17.2. The maximum atomic E-state index is 12.7. The topological polar surface area (TPSA) is 90.4 Å². The molecule has 1 N–H and O–H groups in total. The lowest BCUT2D eigenvalue weighted by Gasteiger charge is -2.05. The highest BCUT2D eigenvalue weighted by atomic mass is 32.2. The highest BCUT2D eigenvalue weighted by Crippen LogP contribution is 2.25. The molecule has 0 radical (unpaired) electrons. The molecule has 1 aromatic heterocycles. The number of hydrogen-bond donors (Lipinski definition) is 1. The van der Waals surface area contributed by atoms with E-state index < -0.39 is 5.91 Å². The molecule has 122 valence electrons. The van der Waals surface area contributed by atoms with Crippen LogP contribution in [0.1, 0.15) is 0 Å². The van der Waals surface area contributed by atoms with Gasteiger partial charge in [0.25, 0.3) is 5.91 Å². The average molecular weight is 357 g/mol. The standard InChI is InChI=1S/C13H12FN3O4S2/c1-20-11(19)7-22-13-17-16-12(23-13)15-10(18)6-21-9-4-2-8(14)3-5-9/h2-5H,6-7H2,1H3,(H,15,16,18). The Kier molecular flexibility index (Phi) is 6.29. The summed E-state index contributed by atoms with van der Waals surface area (Å²) >= 11 is 2.30. The molecule has 0 spiro atoms. The molecular formula is C13H12FN3O4S2. The van der Waals surface area contributed by atoms with Crippen molar-refractivity contribution in [3.8, 4) is 5.75 Å². The number of amides is 1. The molecule has 0 unspecified atom stereocenters. The van der Waals surface area contributed by atoms with Crippen molar-refractivity contribution in [1.29, 1.82) is 0 Å². The van der Waals surface area contributed by atoms with Crippen LogP contribution >= 0.6 is 23.1 Å². The van der Waals surface area contributed by atoms with Crippen LogP contribution in [0.25, 0.3) is 0 Å². The van der Waals surface area contributed by atoms with Gasteiger partial charge in [-0.05, 0) is 24.3 Å². The third kappa shape index (κ3) is 5.83. The first-order valence-corrected chi connectivity index (χ1v) is 8.08. The molecule has 0 bridgehead atoms. The fraction of sp³-hybridized carbons (Fsp3) is 0.231. The molecule has 0 saturated heterocycles. The van der Waals surface area contributed by atoms with E-state index in [2.05, 4.69) is 20.3 Å². The fourth-order valence-electron chi connectivity index (χ4n) is 1.33. The Bertz CT molecular complexity index is 678. The number of esters is 1. The summed E-state index contributed by atoms with van der Waals surface area (Å²) in [7, 11) is 1.30. The molecule has 0 aliphatic rings. The number of halogens is 1. The zero-order chi connectivity index (χ0) is 16.7. The van der Waals surface area contributed by atoms with Crippen molar-refractivity contribution in [2.45, 2.75) is 4.34 Å². The number of hydrogen-bond acceptors (Lipinski definition) is 8. The molecule has 1 heterocycles. The van der Waals surface area contributed by atoms with Crippen LogP contribution in [-0.4, -0.2) is 41.5 Å². The second-order valence-electron chi connectivity index (χ2n) is 4.03. The molecule has 0 aliphatic carbocycles. The Labute approximate surface area is 139 Å². The Morgan fingerprint density at radius 2 is 2.04 bits per heavy atom. The van der Waals surface area contributed by atoms with Gasteiger partial charge in [0.15, 0.2) is 10.9 Å². The fourth-order valence-corrected chi connectivity index (χ4v) is 2.93. The van der Waals surface area contributed by atoms with Gasteiger partial charge < -0.3 is 9.47 Å². The van der Waals surface area contributed by atoms with Crippen molar-refractivity contribution in [2.75, 3.05) is 24.8 Å². The maximum Gasteiger partial charge on any atom is 0.316 e. The van der Waals surface area contributed by atoms with E-state index in [4.69, 9.17) is 4.74 Å². The zero-order valence-corrected chi connectivity index (χ0v) is 13.6. The molecule has 23 heavy (non-hydrogen) atoms. The van der Waals surface area contributed by atoms with Gasteiger partial charge in [0.05, 0.1) is 12.9 Å². The SMILES string of the molecule is COC(=O)CSc1nnc(NC(=O)COc2ccc(F)cc2)s1. The number of benzene rings is 1. The van der Waals surface area contributed by atoms with Crippen molar-refractivity contribution in [2.24, 2.45) is 0 Å². The Hall–Kier alpha value is -2.20. The summed E-state index contributed by atoms with van der Waals surface area (Å²) in [5.74, 6) is -0.675.